The van der Waals surface area contributed by atoms with Crippen LogP contribution in [0.25, 0.3) is 0 Å². The van der Waals surface area contributed by atoms with Crippen LogP contribution in [0.4, 0.5) is 13.2 Å². The first-order valence-corrected chi connectivity index (χ1v) is 4.73. The van der Waals surface area contributed by atoms with Crippen molar-refractivity contribution in [1.29, 1.82) is 0 Å². The van der Waals surface area contributed by atoms with Gasteiger partial charge in [0.15, 0.2) is 0 Å². The Morgan fingerprint density at radius 3 is 2.47 bits per heavy atom. The fourth-order valence-corrected chi connectivity index (χ4v) is 1.60. The molecule has 1 aromatic rings. The van der Waals surface area contributed by atoms with Gasteiger partial charge in [-0.3, -0.25) is 0 Å². The zero-order chi connectivity index (χ0) is 11.1. The molecule has 0 atom stereocenters. The van der Waals surface area contributed by atoms with E-state index in [1.165, 1.54) is 6.07 Å². The molecule has 0 amide bonds. The van der Waals surface area contributed by atoms with Crippen molar-refractivity contribution in [2.24, 2.45) is 5.73 Å². The molecule has 5 heteroatoms. The van der Waals surface area contributed by atoms with Crippen molar-refractivity contribution in [3.05, 3.63) is 29.6 Å². The van der Waals surface area contributed by atoms with E-state index in [9.17, 15) is 13.2 Å². The van der Waals surface area contributed by atoms with Gasteiger partial charge in [-0.05, 0) is 25.0 Å². The van der Waals surface area contributed by atoms with Gasteiger partial charge in [-0.1, -0.05) is 6.07 Å². The van der Waals surface area contributed by atoms with Crippen molar-refractivity contribution >= 4 is 0 Å². The van der Waals surface area contributed by atoms with Crippen LogP contribution in [0.2, 0.25) is 0 Å². The predicted molar refractivity (Wildman–Crippen MR) is 49.2 cm³/mol. The van der Waals surface area contributed by atoms with Gasteiger partial charge in [-0.15, -0.1) is 0 Å². The molecule has 0 spiro atoms. The maximum atomic E-state index is 12.4. The highest BCUT2D eigenvalue weighted by Crippen LogP contribution is 2.46. The van der Waals surface area contributed by atoms with Crippen LogP contribution in [0, 0.1) is 0 Å². The van der Waals surface area contributed by atoms with Gasteiger partial charge >= 0.3 is 6.18 Å². The monoisotopic (exact) mass is 216 g/mol. The molecule has 1 saturated carbocycles. The lowest BCUT2D eigenvalue weighted by Crippen LogP contribution is -2.22. The molecule has 2 N–H and O–H groups in total. The molecule has 82 valence electrons. The smallest absolute Gasteiger partial charge is 0.330 e. The number of alkyl halides is 3. The molecular formula is C10H11F3N2. The van der Waals surface area contributed by atoms with Crippen LogP contribution in [0.1, 0.15) is 24.2 Å². The Morgan fingerprint density at radius 2 is 2.00 bits per heavy atom. The highest BCUT2D eigenvalue weighted by molar-refractivity contribution is 5.27. The molecule has 0 aliphatic heterocycles. The Hall–Kier alpha value is -1.10. The third kappa shape index (κ3) is 1.84. The molecule has 2 rings (SSSR count). The summed E-state index contributed by atoms with van der Waals surface area (Å²) < 4.78 is 37.2. The Kier molecular flexibility index (Phi) is 2.22. The molecule has 1 heterocycles. The Labute approximate surface area is 85.3 Å². The van der Waals surface area contributed by atoms with E-state index in [2.05, 4.69) is 4.98 Å². The lowest BCUT2D eigenvalue weighted by atomic mass is 10.0. The van der Waals surface area contributed by atoms with Gasteiger partial charge in [0.1, 0.15) is 5.69 Å². The first-order valence-electron chi connectivity index (χ1n) is 4.73. The quantitative estimate of drug-likeness (QED) is 0.822. The summed E-state index contributed by atoms with van der Waals surface area (Å²) in [7, 11) is 0. The predicted octanol–water partition coefficient (Wildman–Crippen LogP) is 2.09. The van der Waals surface area contributed by atoms with Crippen LogP contribution in [0.5, 0.6) is 0 Å². The molecule has 1 aliphatic rings. The summed E-state index contributed by atoms with van der Waals surface area (Å²) in [6.07, 6.45) is -2.71. The van der Waals surface area contributed by atoms with Crippen molar-refractivity contribution in [3.63, 3.8) is 0 Å². The SMILES string of the molecule is NCC1(c2cccc(C(F)(F)F)n2)CC1. The maximum Gasteiger partial charge on any atom is 0.433 e. The third-order valence-corrected chi connectivity index (χ3v) is 2.83. The van der Waals surface area contributed by atoms with Gasteiger partial charge in [0.2, 0.25) is 0 Å². The van der Waals surface area contributed by atoms with E-state index >= 15 is 0 Å². The Morgan fingerprint density at radius 1 is 1.33 bits per heavy atom. The van der Waals surface area contributed by atoms with E-state index in [0.717, 1.165) is 18.9 Å². The first kappa shape index (κ1) is 10.4. The van der Waals surface area contributed by atoms with Crippen LogP contribution < -0.4 is 5.73 Å². The van der Waals surface area contributed by atoms with Crippen LogP contribution in [0.3, 0.4) is 0 Å². The minimum atomic E-state index is -4.37. The third-order valence-electron chi connectivity index (χ3n) is 2.83. The number of halogens is 3. The molecule has 0 aromatic carbocycles. The van der Waals surface area contributed by atoms with Gasteiger partial charge < -0.3 is 5.73 Å². The average molecular weight is 216 g/mol. The van der Waals surface area contributed by atoms with Gasteiger partial charge in [0, 0.05) is 17.7 Å². The largest absolute Gasteiger partial charge is 0.433 e. The average Bonchev–Trinajstić information content (AvgIpc) is 2.97. The van der Waals surface area contributed by atoms with Crippen molar-refractivity contribution < 1.29 is 13.2 Å². The molecular weight excluding hydrogens is 205 g/mol. The van der Waals surface area contributed by atoms with Crippen molar-refractivity contribution in [2.45, 2.75) is 24.4 Å². The van der Waals surface area contributed by atoms with Crippen molar-refractivity contribution in [1.82, 2.24) is 4.98 Å². The van der Waals surface area contributed by atoms with Crippen LogP contribution in [-0.4, -0.2) is 11.5 Å². The lowest BCUT2D eigenvalue weighted by Gasteiger charge is -2.13. The van der Waals surface area contributed by atoms with Gasteiger partial charge in [0.25, 0.3) is 0 Å². The molecule has 0 saturated heterocycles. The number of nitrogens with zero attached hydrogens (tertiary/aromatic N) is 1. The van der Waals surface area contributed by atoms with E-state index in [4.69, 9.17) is 5.73 Å². The van der Waals surface area contributed by atoms with Crippen molar-refractivity contribution in [2.75, 3.05) is 6.54 Å². The summed E-state index contributed by atoms with van der Waals surface area (Å²) in [6, 6.07) is 3.99. The second-order valence-corrected chi connectivity index (χ2v) is 3.89. The van der Waals surface area contributed by atoms with E-state index in [1.54, 1.807) is 6.07 Å². The molecule has 2 nitrogen and oxygen atoms in total. The van der Waals surface area contributed by atoms with Crippen LogP contribution >= 0.6 is 0 Å². The van der Waals surface area contributed by atoms with Crippen molar-refractivity contribution in [3.8, 4) is 0 Å². The normalized spacial score (nSPS) is 18.9. The van der Waals surface area contributed by atoms with Gasteiger partial charge in [0.05, 0.1) is 0 Å². The summed E-state index contributed by atoms with van der Waals surface area (Å²) in [5, 5.41) is 0. The minimum absolute atomic E-state index is 0.290. The summed E-state index contributed by atoms with van der Waals surface area (Å²) in [5.74, 6) is 0. The van der Waals surface area contributed by atoms with Crippen LogP contribution in [0.15, 0.2) is 18.2 Å². The molecule has 1 aliphatic carbocycles. The summed E-state index contributed by atoms with van der Waals surface area (Å²) in [5.41, 5.74) is 4.89. The van der Waals surface area contributed by atoms with E-state index < -0.39 is 11.9 Å². The Bertz CT molecular complexity index is 369. The first-order chi connectivity index (χ1) is 6.98. The second-order valence-electron chi connectivity index (χ2n) is 3.89. The summed E-state index contributed by atoms with van der Waals surface area (Å²) >= 11 is 0. The fourth-order valence-electron chi connectivity index (χ4n) is 1.60. The number of pyridine rings is 1. The molecule has 1 aromatic heterocycles. The summed E-state index contributed by atoms with van der Waals surface area (Å²) in [4.78, 5) is 3.64. The molecule has 0 bridgehead atoms. The van der Waals surface area contributed by atoms with E-state index in [1.807, 2.05) is 0 Å². The minimum Gasteiger partial charge on any atom is -0.330 e. The fraction of sp³-hybridized carbons (Fsp3) is 0.500. The van der Waals surface area contributed by atoms with Gasteiger partial charge in [-0.25, -0.2) is 4.98 Å². The molecule has 0 unspecified atom stereocenters. The maximum absolute atomic E-state index is 12.4. The number of aromatic nitrogens is 1. The lowest BCUT2D eigenvalue weighted by molar-refractivity contribution is -0.141. The standard InChI is InChI=1S/C10H11F3N2/c11-10(12,13)8-3-1-2-7(15-8)9(6-14)4-5-9/h1-3H,4-6,14H2. The second kappa shape index (κ2) is 3.20. The van der Waals surface area contributed by atoms with Crippen LogP contribution in [-0.2, 0) is 11.6 Å². The highest BCUT2D eigenvalue weighted by atomic mass is 19.4. The summed E-state index contributed by atoms with van der Waals surface area (Å²) in [6.45, 7) is 0.362. The molecule has 0 radical (unpaired) electrons. The molecule has 15 heavy (non-hydrogen) atoms. The number of hydrogen-bond donors (Lipinski definition) is 1. The highest BCUT2D eigenvalue weighted by Gasteiger charge is 2.45. The Balaban J connectivity index is 2.35. The number of hydrogen-bond acceptors (Lipinski definition) is 2. The zero-order valence-electron chi connectivity index (χ0n) is 8.01. The zero-order valence-corrected chi connectivity index (χ0v) is 8.01. The topological polar surface area (TPSA) is 38.9 Å². The van der Waals surface area contributed by atoms with E-state index in [-0.39, 0.29) is 5.41 Å². The number of nitrogens with two attached hydrogens (primary N) is 1. The van der Waals surface area contributed by atoms with E-state index in [0.29, 0.717) is 12.2 Å². The number of rotatable bonds is 2. The van der Waals surface area contributed by atoms with Gasteiger partial charge in [-0.2, -0.15) is 13.2 Å². The molecule has 1 fully saturated rings.